The lowest BCUT2D eigenvalue weighted by Crippen LogP contribution is -2.34. The third-order valence-electron chi connectivity index (χ3n) is 11.2. The van der Waals surface area contributed by atoms with Crippen molar-refractivity contribution in [1.29, 1.82) is 0 Å². The minimum absolute atomic E-state index is 0.0500. The lowest BCUT2D eigenvalue weighted by Gasteiger charge is -2.38. The van der Waals surface area contributed by atoms with Gasteiger partial charge in [-0.25, -0.2) is 0 Å². The lowest BCUT2D eigenvalue weighted by molar-refractivity contribution is 0.219. The maximum atomic E-state index is 7.24. The van der Waals surface area contributed by atoms with E-state index in [-0.39, 0.29) is 12.1 Å². The first kappa shape index (κ1) is 36.2. The smallest absolute Gasteiger partial charge is 0.204 e. The molecule has 2 atom stereocenters. The standard InChI is InChI=1S/C45H48N2O6S/c1-46-20-18-30-25-39(49-4)41-26-34(30)36(46)22-28-12-15-31(16-13-28)52-40-24-29(14-17-38(40)48-3)23-37-42-33(19-21-47(37)2)35(27-54-32-10-8-7-9-11-32)43(50-5)45(51-6)44(42)53-41/h7-17,24-26,36-37H,18-23,27H2,1-6H3/t36-,37-/m0/s1. The topological polar surface area (TPSA) is 61.9 Å². The fourth-order valence-electron chi connectivity index (χ4n) is 8.33. The Morgan fingerprint density at radius 2 is 1.35 bits per heavy atom. The first-order valence-corrected chi connectivity index (χ1v) is 19.6. The van der Waals surface area contributed by atoms with Gasteiger partial charge in [0.25, 0.3) is 0 Å². The molecule has 6 bridgehead atoms. The molecule has 5 aromatic rings. The van der Waals surface area contributed by atoms with Gasteiger partial charge in [-0.15, -0.1) is 11.8 Å². The molecule has 0 amide bonds. The summed E-state index contributed by atoms with van der Waals surface area (Å²) in [5.74, 6) is 6.18. The Morgan fingerprint density at radius 3 is 2.09 bits per heavy atom. The van der Waals surface area contributed by atoms with Crippen LogP contribution in [-0.2, 0) is 31.4 Å². The average Bonchev–Trinajstić information content (AvgIpc) is 3.19. The Balaban J connectivity index is 1.36. The summed E-state index contributed by atoms with van der Waals surface area (Å²) >= 11 is 1.80. The third-order valence-corrected chi connectivity index (χ3v) is 12.3. The minimum Gasteiger partial charge on any atom is -0.493 e. The summed E-state index contributed by atoms with van der Waals surface area (Å²) in [5.41, 5.74) is 8.33. The summed E-state index contributed by atoms with van der Waals surface area (Å²) in [6, 6.07) is 29.7. The summed E-state index contributed by atoms with van der Waals surface area (Å²) in [7, 11) is 11.2. The number of ether oxygens (including phenoxy) is 6. The summed E-state index contributed by atoms with van der Waals surface area (Å²) < 4.78 is 38.3. The van der Waals surface area contributed by atoms with Crippen LogP contribution in [0.25, 0.3) is 0 Å². The van der Waals surface area contributed by atoms with Crippen LogP contribution in [-0.4, -0.2) is 65.4 Å². The third kappa shape index (κ3) is 6.85. The van der Waals surface area contributed by atoms with Gasteiger partial charge in [0.2, 0.25) is 5.75 Å². The number of rotatable bonds is 7. The van der Waals surface area contributed by atoms with E-state index in [2.05, 4.69) is 103 Å². The van der Waals surface area contributed by atoms with Crippen molar-refractivity contribution >= 4 is 11.8 Å². The van der Waals surface area contributed by atoms with Gasteiger partial charge in [0.15, 0.2) is 34.5 Å². The van der Waals surface area contributed by atoms with Gasteiger partial charge >= 0.3 is 0 Å². The van der Waals surface area contributed by atoms with E-state index < -0.39 is 0 Å². The van der Waals surface area contributed by atoms with Crippen LogP contribution in [0.2, 0.25) is 0 Å². The van der Waals surface area contributed by atoms with Crippen LogP contribution in [0, 0.1) is 0 Å². The molecule has 4 heterocycles. The van der Waals surface area contributed by atoms with Gasteiger partial charge < -0.3 is 28.4 Å². The second-order valence-electron chi connectivity index (χ2n) is 14.3. The van der Waals surface area contributed by atoms with Crippen LogP contribution in [0.15, 0.2) is 89.8 Å². The molecule has 280 valence electrons. The zero-order valence-electron chi connectivity index (χ0n) is 31.9. The molecule has 0 N–H and O–H groups in total. The maximum absolute atomic E-state index is 7.24. The molecule has 54 heavy (non-hydrogen) atoms. The van der Waals surface area contributed by atoms with Crippen LogP contribution < -0.4 is 28.4 Å². The van der Waals surface area contributed by atoms with Crippen LogP contribution in [0.4, 0.5) is 0 Å². The first-order valence-electron chi connectivity index (χ1n) is 18.6. The molecule has 0 fully saturated rings. The SMILES string of the molecule is COc1ccc2cc1Oc1ccc(cc1)C[C@H]1c3cc(c(OC)cc3CCN1C)Oc1c(OC)c(OC)c(CSc3ccccc3)c3c1[C@H](C2)N(C)CC3. The molecule has 4 aliphatic rings. The predicted molar refractivity (Wildman–Crippen MR) is 214 cm³/mol. The molecule has 0 unspecified atom stereocenters. The molecule has 0 spiro atoms. The van der Waals surface area contributed by atoms with E-state index in [0.29, 0.717) is 46.7 Å². The zero-order valence-corrected chi connectivity index (χ0v) is 32.8. The van der Waals surface area contributed by atoms with Crippen molar-refractivity contribution in [3.63, 3.8) is 0 Å². The van der Waals surface area contributed by atoms with Gasteiger partial charge in [0, 0.05) is 46.9 Å². The molecular weight excluding hydrogens is 697 g/mol. The van der Waals surface area contributed by atoms with E-state index in [1.807, 2.05) is 6.07 Å². The quantitative estimate of drug-likeness (QED) is 0.152. The van der Waals surface area contributed by atoms with Crippen molar-refractivity contribution < 1.29 is 28.4 Å². The van der Waals surface area contributed by atoms with E-state index >= 15 is 0 Å². The zero-order chi connectivity index (χ0) is 37.3. The molecule has 0 saturated heterocycles. The Morgan fingerprint density at radius 1 is 0.667 bits per heavy atom. The fourth-order valence-corrected chi connectivity index (χ4v) is 9.30. The van der Waals surface area contributed by atoms with Crippen molar-refractivity contribution in [2.45, 2.75) is 48.4 Å². The highest BCUT2D eigenvalue weighted by Crippen LogP contribution is 2.54. The van der Waals surface area contributed by atoms with E-state index in [1.54, 1.807) is 40.2 Å². The van der Waals surface area contributed by atoms with Crippen LogP contribution in [0.1, 0.15) is 51.0 Å². The summed E-state index contributed by atoms with van der Waals surface area (Å²) in [5, 5.41) is 0. The number of likely N-dealkylation sites (N-methyl/N-ethyl adjacent to an activating group) is 2. The van der Waals surface area contributed by atoms with Crippen LogP contribution >= 0.6 is 11.8 Å². The summed E-state index contributed by atoms with van der Waals surface area (Å²) in [6.45, 7) is 1.82. The Kier molecular flexibility index (Phi) is 10.4. The van der Waals surface area contributed by atoms with Gasteiger partial charge in [0.05, 0.1) is 28.4 Å². The average molecular weight is 745 g/mol. The number of benzene rings is 5. The van der Waals surface area contributed by atoms with Crippen molar-refractivity contribution in [2.24, 2.45) is 0 Å². The highest BCUT2D eigenvalue weighted by Gasteiger charge is 2.37. The predicted octanol–water partition coefficient (Wildman–Crippen LogP) is 9.45. The molecule has 9 rings (SSSR count). The number of thioether (sulfide) groups is 1. The molecule has 4 aliphatic heterocycles. The Labute approximate surface area is 322 Å². The minimum atomic E-state index is -0.0500. The number of hydrogen-bond acceptors (Lipinski definition) is 9. The van der Waals surface area contributed by atoms with E-state index in [4.69, 9.17) is 28.4 Å². The fraction of sp³-hybridized carbons (Fsp3) is 0.333. The number of methoxy groups -OCH3 is 4. The normalized spacial score (nSPS) is 18.0. The molecule has 0 saturated carbocycles. The lowest BCUT2D eigenvalue weighted by atomic mass is 9.84. The van der Waals surface area contributed by atoms with Crippen LogP contribution in [0.3, 0.4) is 0 Å². The number of fused-ring (bicyclic) bond motifs is 2. The van der Waals surface area contributed by atoms with Crippen molar-refractivity contribution in [3.8, 4) is 46.0 Å². The maximum Gasteiger partial charge on any atom is 0.204 e. The van der Waals surface area contributed by atoms with E-state index in [1.165, 1.54) is 27.1 Å². The van der Waals surface area contributed by atoms with E-state index in [0.717, 1.165) is 60.5 Å². The second kappa shape index (κ2) is 15.5. The van der Waals surface area contributed by atoms with E-state index in [9.17, 15) is 0 Å². The van der Waals surface area contributed by atoms with Crippen molar-refractivity contribution in [1.82, 2.24) is 9.80 Å². The van der Waals surface area contributed by atoms with Gasteiger partial charge in [-0.1, -0.05) is 36.4 Å². The molecule has 8 nitrogen and oxygen atoms in total. The summed E-state index contributed by atoms with van der Waals surface area (Å²) in [6.07, 6.45) is 3.30. The first-order chi connectivity index (χ1) is 26.4. The monoisotopic (exact) mass is 744 g/mol. The van der Waals surface area contributed by atoms with Crippen molar-refractivity contribution in [2.75, 3.05) is 55.6 Å². The van der Waals surface area contributed by atoms with Gasteiger partial charge in [0.1, 0.15) is 5.75 Å². The van der Waals surface area contributed by atoms with Gasteiger partial charge in [-0.3, -0.25) is 9.80 Å². The molecule has 9 heteroatoms. The molecular formula is C45H48N2O6S. The number of hydrogen-bond donors (Lipinski definition) is 0. The molecule has 0 radical (unpaired) electrons. The van der Waals surface area contributed by atoms with Gasteiger partial charge in [-0.2, -0.15) is 0 Å². The largest absolute Gasteiger partial charge is 0.493 e. The Bertz CT molecular complexity index is 2140. The Hall–Kier alpha value is -4.83. The highest BCUT2D eigenvalue weighted by atomic mass is 32.2. The van der Waals surface area contributed by atoms with Gasteiger partial charge in [-0.05, 0) is 116 Å². The molecule has 0 aromatic heterocycles. The molecule has 5 aromatic carbocycles. The highest BCUT2D eigenvalue weighted by molar-refractivity contribution is 7.98. The second-order valence-corrected chi connectivity index (χ2v) is 15.4. The summed E-state index contributed by atoms with van der Waals surface area (Å²) in [4.78, 5) is 6.06. The molecule has 0 aliphatic carbocycles. The number of nitrogens with zero attached hydrogens (tertiary/aromatic N) is 2. The van der Waals surface area contributed by atoms with Crippen molar-refractivity contribution in [3.05, 3.63) is 124 Å². The van der Waals surface area contributed by atoms with Crippen LogP contribution in [0.5, 0.6) is 46.0 Å².